The Labute approximate surface area is 136 Å². The smallest absolute Gasteiger partial charge is 0.339 e. The molecule has 126 valence electrons. The van der Waals surface area contributed by atoms with Gasteiger partial charge in [0, 0.05) is 0 Å². The van der Waals surface area contributed by atoms with Gasteiger partial charge in [-0.25, -0.2) is 9.59 Å². The van der Waals surface area contributed by atoms with Gasteiger partial charge in [0.25, 0.3) is 0 Å². The predicted octanol–water partition coefficient (Wildman–Crippen LogP) is 2.18. The fourth-order valence-corrected chi connectivity index (χ4v) is 2.31. The third kappa shape index (κ3) is 2.65. The van der Waals surface area contributed by atoms with Gasteiger partial charge in [-0.15, -0.1) is 0 Å². The highest BCUT2D eigenvalue weighted by Crippen LogP contribution is 2.49. The number of ether oxygens (including phenoxy) is 2. The van der Waals surface area contributed by atoms with Gasteiger partial charge in [0.05, 0.1) is 25.3 Å². The van der Waals surface area contributed by atoms with Gasteiger partial charge in [0.2, 0.25) is 0 Å². The number of rotatable bonds is 5. The van der Waals surface area contributed by atoms with Gasteiger partial charge < -0.3 is 29.9 Å². The first-order valence-corrected chi connectivity index (χ1v) is 6.60. The van der Waals surface area contributed by atoms with Crippen molar-refractivity contribution in [3.63, 3.8) is 0 Å². The monoisotopic (exact) mass is 334 g/mol. The van der Waals surface area contributed by atoms with Crippen molar-refractivity contribution in [1.29, 1.82) is 0 Å². The van der Waals surface area contributed by atoms with Crippen LogP contribution in [0.4, 0.5) is 0 Å². The number of carboxylic acids is 2. The standard InChI is InChI=1S/C16H14O8/c1-23-9-5-3-7(15(19)20)13(17)11(9)12-10(24-2)6-4-8(14(12)18)16(21)22/h3-6,17-18H,1-2H3,(H,19,20)(H,21,22). The summed E-state index contributed by atoms with van der Waals surface area (Å²) in [4.78, 5) is 22.5. The lowest BCUT2D eigenvalue weighted by Crippen LogP contribution is -2.03. The average molecular weight is 334 g/mol. The average Bonchev–Trinajstić information content (AvgIpc) is 2.53. The van der Waals surface area contributed by atoms with Crippen LogP contribution in [0.3, 0.4) is 0 Å². The van der Waals surface area contributed by atoms with Gasteiger partial charge in [-0.05, 0) is 24.3 Å². The molecule has 8 heteroatoms. The first-order chi connectivity index (χ1) is 11.3. The quantitative estimate of drug-likeness (QED) is 0.654. The summed E-state index contributed by atoms with van der Waals surface area (Å²) < 4.78 is 10.2. The number of phenols is 2. The number of methoxy groups -OCH3 is 2. The van der Waals surface area contributed by atoms with E-state index in [4.69, 9.17) is 19.7 Å². The molecule has 0 saturated carbocycles. The topological polar surface area (TPSA) is 134 Å². The Hall–Kier alpha value is -3.42. The molecule has 24 heavy (non-hydrogen) atoms. The largest absolute Gasteiger partial charge is 0.506 e. The second kappa shape index (κ2) is 6.37. The lowest BCUT2D eigenvalue weighted by Gasteiger charge is -2.17. The van der Waals surface area contributed by atoms with E-state index in [0.29, 0.717) is 0 Å². The molecule has 0 aliphatic rings. The van der Waals surface area contributed by atoms with Crippen molar-refractivity contribution in [2.24, 2.45) is 0 Å². The number of benzene rings is 2. The molecule has 0 amide bonds. The SMILES string of the molecule is COc1ccc(C(=O)O)c(O)c1-c1c(OC)ccc(C(=O)O)c1O. The summed E-state index contributed by atoms with van der Waals surface area (Å²) in [5.74, 6) is -4.09. The molecule has 0 unspecified atom stereocenters. The molecule has 0 aromatic heterocycles. The van der Waals surface area contributed by atoms with Crippen LogP contribution in [0.2, 0.25) is 0 Å². The minimum absolute atomic E-state index is 0.0358. The van der Waals surface area contributed by atoms with Crippen LogP contribution in [0.25, 0.3) is 11.1 Å². The van der Waals surface area contributed by atoms with Gasteiger partial charge in [0.15, 0.2) is 0 Å². The predicted molar refractivity (Wildman–Crippen MR) is 82.2 cm³/mol. The lowest BCUT2D eigenvalue weighted by molar-refractivity contribution is 0.0682. The highest BCUT2D eigenvalue weighted by atomic mass is 16.5. The van der Waals surface area contributed by atoms with Gasteiger partial charge in [-0.2, -0.15) is 0 Å². The molecule has 2 aromatic rings. The first-order valence-electron chi connectivity index (χ1n) is 6.60. The zero-order valence-electron chi connectivity index (χ0n) is 12.7. The van der Waals surface area contributed by atoms with E-state index in [2.05, 4.69) is 0 Å². The highest BCUT2D eigenvalue weighted by molar-refractivity contribution is 6.00. The maximum Gasteiger partial charge on any atom is 0.339 e. The lowest BCUT2D eigenvalue weighted by atomic mass is 9.96. The van der Waals surface area contributed by atoms with Crippen molar-refractivity contribution in [1.82, 2.24) is 0 Å². The van der Waals surface area contributed by atoms with E-state index in [-0.39, 0.29) is 22.6 Å². The van der Waals surface area contributed by atoms with Crippen molar-refractivity contribution in [2.75, 3.05) is 14.2 Å². The Morgan fingerprint density at radius 3 is 1.33 bits per heavy atom. The molecule has 0 radical (unpaired) electrons. The Bertz CT molecular complexity index is 756. The second-order valence-electron chi connectivity index (χ2n) is 4.69. The molecule has 0 atom stereocenters. The van der Waals surface area contributed by atoms with E-state index in [9.17, 15) is 19.8 Å². The normalized spacial score (nSPS) is 10.2. The Balaban J connectivity index is 2.94. The van der Waals surface area contributed by atoms with Gasteiger partial charge in [-0.3, -0.25) is 0 Å². The first kappa shape index (κ1) is 16.9. The number of hydrogen-bond donors (Lipinski definition) is 4. The zero-order chi connectivity index (χ0) is 18.0. The molecule has 8 nitrogen and oxygen atoms in total. The summed E-state index contributed by atoms with van der Waals surface area (Å²) in [7, 11) is 2.56. The van der Waals surface area contributed by atoms with Crippen LogP contribution in [0.15, 0.2) is 24.3 Å². The number of carboxylic acid groups (broad SMARTS) is 2. The third-order valence-electron chi connectivity index (χ3n) is 3.43. The summed E-state index contributed by atoms with van der Waals surface area (Å²) in [6, 6.07) is 4.82. The number of aromatic hydroxyl groups is 2. The molecule has 0 spiro atoms. The second-order valence-corrected chi connectivity index (χ2v) is 4.69. The molecular weight excluding hydrogens is 320 g/mol. The molecule has 0 fully saturated rings. The van der Waals surface area contributed by atoms with Crippen LogP contribution in [0.5, 0.6) is 23.0 Å². The van der Waals surface area contributed by atoms with E-state index in [1.807, 2.05) is 0 Å². The maximum absolute atomic E-state index is 11.2. The van der Waals surface area contributed by atoms with Crippen LogP contribution in [0.1, 0.15) is 20.7 Å². The third-order valence-corrected chi connectivity index (χ3v) is 3.43. The molecule has 0 aliphatic heterocycles. The summed E-state index contributed by atoms with van der Waals surface area (Å²) in [6.07, 6.45) is 0. The number of carbonyl (C=O) groups is 2. The van der Waals surface area contributed by atoms with Crippen LogP contribution in [-0.4, -0.2) is 46.6 Å². The van der Waals surface area contributed by atoms with Crippen LogP contribution in [-0.2, 0) is 0 Å². The molecule has 4 N–H and O–H groups in total. The molecule has 2 rings (SSSR count). The highest BCUT2D eigenvalue weighted by Gasteiger charge is 2.27. The maximum atomic E-state index is 11.2. The minimum atomic E-state index is -1.40. The van der Waals surface area contributed by atoms with Crippen molar-refractivity contribution >= 4 is 11.9 Å². The van der Waals surface area contributed by atoms with E-state index < -0.39 is 34.6 Å². The molecule has 2 aromatic carbocycles. The molecular formula is C16H14O8. The Morgan fingerprint density at radius 2 is 1.08 bits per heavy atom. The van der Waals surface area contributed by atoms with E-state index in [1.165, 1.54) is 26.4 Å². The van der Waals surface area contributed by atoms with Gasteiger partial charge in [0.1, 0.15) is 34.1 Å². The molecule has 0 heterocycles. The summed E-state index contributed by atoms with van der Waals surface area (Å²) in [5, 5.41) is 38.9. The fourth-order valence-electron chi connectivity index (χ4n) is 2.31. The van der Waals surface area contributed by atoms with E-state index >= 15 is 0 Å². The summed E-state index contributed by atoms with van der Waals surface area (Å²) in [5.41, 5.74) is -1.24. The Morgan fingerprint density at radius 1 is 0.750 bits per heavy atom. The van der Waals surface area contributed by atoms with Crippen LogP contribution >= 0.6 is 0 Å². The molecule has 0 aliphatic carbocycles. The van der Waals surface area contributed by atoms with Gasteiger partial charge in [-0.1, -0.05) is 0 Å². The van der Waals surface area contributed by atoms with Crippen molar-refractivity contribution in [3.05, 3.63) is 35.4 Å². The fraction of sp³-hybridized carbons (Fsp3) is 0.125. The van der Waals surface area contributed by atoms with Crippen molar-refractivity contribution in [3.8, 4) is 34.1 Å². The Kier molecular flexibility index (Phi) is 4.50. The number of aromatic carboxylic acids is 2. The molecule has 0 bridgehead atoms. The zero-order valence-corrected chi connectivity index (χ0v) is 12.7. The summed E-state index contributed by atoms with van der Waals surface area (Å²) in [6.45, 7) is 0. The minimum Gasteiger partial charge on any atom is -0.506 e. The summed E-state index contributed by atoms with van der Waals surface area (Å²) >= 11 is 0. The number of hydrogen-bond acceptors (Lipinski definition) is 6. The van der Waals surface area contributed by atoms with Crippen LogP contribution < -0.4 is 9.47 Å². The van der Waals surface area contributed by atoms with Crippen molar-refractivity contribution < 1.29 is 39.5 Å². The van der Waals surface area contributed by atoms with Crippen molar-refractivity contribution in [2.45, 2.75) is 0 Å². The molecule has 0 saturated heterocycles. The van der Waals surface area contributed by atoms with Gasteiger partial charge >= 0.3 is 11.9 Å². The van der Waals surface area contributed by atoms with E-state index in [0.717, 1.165) is 12.1 Å². The van der Waals surface area contributed by atoms with E-state index in [1.54, 1.807) is 0 Å². The van der Waals surface area contributed by atoms with Crippen LogP contribution in [0, 0.1) is 0 Å².